The van der Waals surface area contributed by atoms with Gasteiger partial charge in [0.15, 0.2) is 0 Å². The summed E-state index contributed by atoms with van der Waals surface area (Å²) in [5.74, 6) is -1.07. The van der Waals surface area contributed by atoms with Crippen LogP contribution in [0, 0.1) is 10.1 Å². The quantitative estimate of drug-likeness (QED) is 0.189. The van der Waals surface area contributed by atoms with Crippen LogP contribution in [-0.2, 0) is 4.79 Å². The number of nitrogens with two attached hydrogens (primary N) is 1. The molecule has 3 N–H and O–H groups in total. The summed E-state index contributed by atoms with van der Waals surface area (Å²) < 4.78 is 0. The highest BCUT2D eigenvalue weighted by Crippen LogP contribution is 1.90. The van der Waals surface area contributed by atoms with Gasteiger partial charge in [0.1, 0.15) is 0 Å². The topological polar surface area (TPSA) is 98.3 Å². The minimum Gasteiger partial charge on any atom is -0.382 e. The van der Waals surface area contributed by atoms with Gasteiger partial charge >= 0.3 is 11.6 Å². The van der Waals surface area contributed by atoms with Crippen LogP contribution in [0.2, 0.25) is 0 Å². The number of carbonyl (C=O) groups excluding carboxylic acids is 1. The monoisotopic (exact) mass is 171 g/mol. The zero-order valence-corrected chi connectivity index (χ0v) is 6.32. The Morgan fingerprint density at radius 1 is 1.75 bits per heavy atom. The van der Waals surface area contributed by atoms with Crippen molar-refractivity contribution in [3.05, 3.63) is 34.7 Å². The molecule has 0 saturated carbocycles. The first kappa shape index (κ1) is 10.2. The first-order valence-electron chi connectivity index (χ1n) is 3.08. The van der Waals surface area contributed by atoms with Crippen molar-refractivity contribution in [2.75, 3.05) is 6.54 Å². The fourth-order valence-corrected chi connectivity index (χ4v) is 0.453. The number of amides is 1. The lowest BCUT2D eigenvalue weighted by molar-refractivity contribution is -0.419. The number of rotatable bonds is 5. The van der Waals surface area contributed by atoms with E-state index in [1.165, 1.54) is 6.08 Å². The molecule has 6 nitrogen and oxygen atoms in total. The number of hydrogen-bond acceptors (Lipinski definition) is 4. The Hall–Kier alpha value is -1.85. The maximum Gasteiger partial charge on any atom is 0.348 e. The second kappa shape index (κ2) is 4.89. The van der Waals surface area contributed by atoms with Gasteiger partial charge < -0.3 is 11.1 Å². The summed E-state index contributed by atoms with van der Waals surface area (Å²) in [5.41, 5.74) is 4.04. The maximum absolute atomic E-state index is 10.4. The van der Waals surface area contributed by atoms with E-state index < -0.39 is 16.5 Å². The van der Waals surface area contributed by atoms with E-state index in [2.05, 4.69) is 11.9 Å². The third-order valence-electron chi connectivity index (χ3n) is 0.950. The lowest BCUT2D eigenvalue weighted by atomic mass is 10.4. The van der Waals surface area contributed by atoms with E-state index in [-0.39, 0.29) is 0 Å². The largest absolute Gasteiger partial charge is 0.382 e. The summed E-state index contributed by atoms with van der Waals surface area (Å²) in [6.07, 6.45) is 2.44. The van der Waals surface area contributed by atoms with E-state index >= 15 is 0 Å². The molecule has 6 heteroatoms. The Morgan fingerprint density at radius 2 is 2.33 bits per heavy atom. The third kappa shape index (κ3) is 3.35. The molecule has 0 heterocycles. The van der Waals surface area contributed by atoms with Gasteiger partial charge in [-0.1, -0.05) is 6.08 Å². The molecule has 0 unspecified atom stereocenters. The molecule has 1 amide bonds. The molecule has 0 aromatic carbocycles. The SMILES string of the molecule is C=CCNC=C(C(N)=O)[N+](=O)[O-]. The number of nitro groups is 1. The van der Waals surface area contributed by atoms with Crippen molar-refractivity contribution in [1.82, 2.24) is 5.32 Å². The maximum atomic E-state index is 10.4. The van der Waals surface area contributed by atoms with Crippen LogP contribution in [0.15, 0.2) is 24.6 Å². The molecular weight excluding hydrogens is 162 g/mol. The van der Waals surface area contributed by atoms with Crippen LogP contribution in [0.4, 0.5) is 0 Å². The number of primary amides is 1. The van der Waals surface area contributed by atoms with Crippen molar-refractivity contribution in [3.8, 4) is 0 Å². The number of nitrogens with one attached hydrogen (secondary N) is 1. The first-order valence-corrected chi connectivity index (χ1v) is 3.08. The van der Waals surface area contributed by atoms with Gasteiger partial charge in [-0.05, 0) is 0 Å². The molecular formula is C6H9N3O3. The molecule has 0 fully saturated rings. The van der Waals surface area contributed by atoms with Crippen LogP contribution in [0.1, 0.15) is 0 Å². The fourth-order valence-electron chi connectivity index (χ4n) is 0.453. The second-order valence-electron chi connectivity index (χ2n) is 1.85. The number of hydrogen-bond donors (Lipinski definition) is 2. The van der Waals surface area contributed by atoms with E-state index in [1.54, 1.807) is 0 Å². The lowest BCUT2D eigenvalue weighted by Gasteiger charge is -1.94. The van der Waals surface area contributed by atoms with Gasteiger partial charge in [0, 0.05) is 6.54 Å². The normalized spacial score (nSPS) is 10.5. The van der Waals surface area contributed by atoms with Crippen LogP contribution in [0.5, 0.6) is 0 Å². The average Bonchev–Trinajstić information content (AvgIpc) is 1.96. The lowest BCUT2D eigenvalue weighted by Crippen LogP contribution is -2.22. The zero-order valence-electron chi connectivity index (χ0n) is 6.32. The Morgan fingerprint density at radius 3 is 2.67 bits per heavy atom. The highest BCUT2D eigenvalue weighted by Gasteiger charge is 2.16. The molecule has 0 saturated heterocycles. The van der Waals surface area contributed by atoms with Gasteiger partial charge in [-0.15, -0.1) is 6.58 Å². The fraction of sp³-hybridized carbons (Fsp3) is 0.167. The van der Waals surface area contributed by atoms with E-state index in [0.717, 1.165) is 6.20 Å². The van der Waals surface area contributed by atoms with E-state index in [0.29, 0.717) is 6.54 Å². The minimum absolute atomic E-state index is 0.338. The molecule has 0 aromatic rings. The van der Waals surface area contributed by atoms with Gasteiger partial charge in [0.2, 0.25) is 0 Å². The van der Waals surface area contributed by atoms with Crippen molar-refractivity contribution >= 4 is 5.91 Å². The van der Waals surface area contributed by atoms with Gasteiger partial charge in [-0.25, -0.2) is 0 Å². The Labute approximate surface area is 68.9 Å². The zero-order chi connectivity index (χ0) is 9.56. The van der Waals surface area contributed by atoms with Crippen LogP contribution in [0.25, 0.3) is 0 Å². The predicted molar refractivity (Wildman–Crippen MR) is 42.5 cm³/mol. The van der Waals surface area contributed by atoms with E-state index in [9.17, 15) is 14.9 Å². The van der Waals surface area contributed by atoms with Gasteiger partial charge in [-0.2, -0.15) is 0 Å². The van der Waals surface area contributed by atoms with E-state index in [1.807, 2.05) is 0 Å². The molecule has 12 heavy (non-hydrogen) atoms. The standard InChI is InChI=1S/C6H9N3O3/c1-2-3-8-4-5(6(7)10)9(11)12/h2,4,8H,1,3H2,(H2,7,10). The van der Waals surface area contributed by atoms with Crippen molar-refractivity contribution in [2.24, 2.45) is 5.73 Å². The van der Waals surface area contributed by atoms with Crippen molar-refractivity contribution in [3.63, 3.8) is 0 Å². The van der Waals surface area contributed by atoms with Crippen molar-refractivity contribution < 1.29 is 9.72 Å². The molecule has 0 atom stereocenters. The highest BCUT2D eigenvalue weighted by atomic mass is 16.6. The summed E-state index contributed by atoms with van der Waals surface area (Å²) in [7, 11) is 0. The summed E-state index contributed by atoms with van der Waals surface area (Å²) >= 11 is 0. The third-order valence-corrected chi connectivity index (χ3v) is 0.950. The van der Waals surface area contributed by atoms with Gasteiger partial charge in [0.25, 0.3) is 0 Å². The molecule has 0 aliphatic rings. The number of nitrogens with zero attached hydrogens (tertiary/aromatic N) is 1. The molecule has 0 aliphatic heterocycles. The van der Waals surface area contributed by atoms with Gasteiger partial charge in [0.05, 0.1) is 11.1 Å². The van der Waals surface area contributed by atoms with Crippen molar-refractivity contribution in [1.29, 1.82) is 0 Å². The molecule has 0 rings (SSSR count). The first-order chi connectivity index (χ1) is 5.59. The summed E-state index contributed by atoms with van der Waals surface area (Å²) in [4.78, 5) is 19.6. The second-order valence-corrected chi connectivity index (χ2v) is 1.85. The number of carbonyl (C=O) groups is 1. The Bertz CT molecular complexity index is 218. The van der Waals surface area contributed by atoms with Crippen molar-refractivity contribution in [2.45, 2.75) is 0 Å². The molecule has 0 aromatic heterocycles. The van der Waals surface area contributed by atoms with Crippen LogP contribution in [0.3, 0.4) is 0 Å². The van der Waals surface area contributed by atoms with Crippen LogP contribution < -0.4 is 11.1 Å². The smallest absolute Gasteiger partial charge is 0.348 e. The van der Waals surface area contributed by atoms with Crippen LogP contribution in [-0.4, -0.2) is 17.4 Å². The summed E-state index contributed by atoms with van der Waals surface area (Å²) in [6.45, 7) is 3.71. The molecule has 0 aliphatic carbocycles. The molecule has 0 spiro atoms. The van der Waals surface area contributed by atoms with Crippen LogP contribution >= 0.6 is 0 Å². The molecule has 66 valence electrons. The average molecular weight is 171 g/mol. The minimum atomic E-state index is -1.07. The highest BCUT2D eigenvalue weighted by molar-refractivity contribution is 5.89. The molecule has 0 radical (unpaired) electrons. The van der Waals surface area contributed by atoms with E-state index in [4.69, 9.17) is 5.73 Å². The predicted octanol–water partition coefficient (Wildman–Crippen LogP) is -0.635. The van der Waals surface area contributed by atoms with Gasteiger partial charge in [-0.3, -0.25) is 14.9 Å². The Kier molecular flexibility index (Phi) is 4.13. The Balaban J connectivity index is 4.29. The summed E-state index contributed by atoms with van der Waals surface area (Å²) in [6, 6.07) is 0. The molecule has 0 bridgehead atoms. The summed E-state index contributed by atoms with van der Waals surface area (Å²) in [5, 5.41) is 12.6.